The number of fused-ring (bicyclic) bond motifs is 1. The molecule has 21 heavy (non-hydrogen) atoms. The van der Waals surface area contributed by atoms with Gasteiger partial charge in [-0.25, -0.2) is 0 Å². The van der Waals surface area contributed by atoms with E-state index in [0.29, 0.717) is 24.2 Å². The molecule has 1 aromatic carbocycles. The van der Waals surface area contributed by atoms with Crippen LogP contribution in [0.25, 0.3) is 11.0 Å². The maximum atomic E-state index is 12.9. The number of ether oxygens (including phenoxy) is 1. The van der Waals surface area contributed by atoms with E-state index in [1.807, 2.05) is 30.0 Å². The topological polar surface area (TPSA) is 55.3 Å². The second-order valence-corrected chi connectivity index (χ2v) is 5.79. The summed E-state index contributed by atoms with van der Waals surface area (Å²) in [5.41, 5.74) is 1.99. The fourth-order valence-electron chi connectivity index (χ4n) is 2.51. The molecule has 2 heterocycles. The molecular formula is C15H16BrN3O2. The van der Waals surface area contributed by atoms with Gasteiger partial charge in [0.1, 0.15) is 5.52 Å². The van der Waals surface area contributed by atoms with Crippen LogP contribution in [0.4, 0.5) is 0 Å². The highest BCUT2D eigenvalue weighted by Crippen LogP contribution is 2.20. The van der Waals surface area contributed by atoms with E-state index in [0.717, 1.165) is 10.8 Å². The van der Waals surface area contributed by atoms with E-state index in [-0.39, 0.29) is 18.1 Å². The molecule has 1 amide bonds. The molecule has 0 aliphatic carbocycles. The van der Waals surface area contributed by atoms with Crippen molar-refractivity contribution in [1.82, 2.24) is 14.9 Å². The quantitative estimate of drug-likeness (QED) is 0.780. The molecule has 110 valence electrons. The van der Waals surface area contributed by atoms with E-state index in [1.165, 1.54) is 0 Å². The first-order valence-electron chi connectivity index (χ1n) is 6.89. The van der Waals surface area contributed by atoms with Gasteiger partial charge >= 0.3 is 0 Å². The zero-order chi connectivity index (χ0) is 14.8. The Hall–Kier alpha value is -1.53. The number of carbonyl (C=O) groups excluding carboxylic acids is 1. The molecule has 5 nitrogen and oxygen atoms in total. The average Bonchev–Trinajstić information content (AvgIpc) is 2.54. The van der Waals surface area contributed by atoms with Gasteiger partial charge in [0.25, 0.3) is 5.91 Å². The van der Waals surface area contributed by atoms with Crippen LogP contribution in [0.3, 0.4) is 0 Å². The molecule has 1 aromatic heterocycles. The van der Waals surface area contributed by atoms with Gasteiger partial charge in [-0.1, -0.05) is 22.0 Å². The van der Waals surface area contributed by atoms with Gasteiger partial charge in [-0.2, -0.15) is 0 Å². The maximum Gasteiger partial charge on any atom is 0.256 e. The number of benzene rings is 1. The number of alkyl halides is 1. The van der Waals surface area contributed by atoms with Crippen LogP contribution in [0.2, 0.25) is 0 Å². The van der Waals surface area contributed by atoms with E-state index in [1.54, 1.807) is 12.4 Å². The molecule has 0 N–H and O–H groups in total. The fraction of sp³-hybridized carbons (Fsp3) is 0.400. The summed E-state index contributed by atoms with van der Waals surface area (Å²) >= 11 is 3.42. The number of morpholine rings is 1. The Morgan fingerprint density at radius 3 is 3.05 bits per heavy atom. The molecule has 0 radical (unpaired) electrons. The molecule has 1 saturated heterocycles. The third-order valence-corrected chi connectivity index (χ3v) is 4.39. The second-order valence-electron chi connectivity index (χ2n) is 5.15. The molecule has 0 bridgehead atoms. The summed E-state index contributed by atoms with van der Waals surface area (Å²) in [6.07, 6.45) is 3.28. The van der Waals surface area contributed by atoms with Crippen molar-refractivity contribution in [3.05, 3.63) is 36.2 Å². The Bertz CT molecular complexity index is 659. The highest BCUT2D eigenvalue weighted by Gasteiger charge is 2.30. The third-order valence-electron chi connectivity index (χ3n) is 3.67. The SMILES string of the molecule is CC1COC(CBr)CN1C(=O)c1cccc2nccnc12. The molecule has 2 aromatic rings. The van der Waals surface area contributed by atoms with Crippen molar-refractivity contribution < 1.29 is 9.53 Å². The maximum absolute atomic E-state index is 12.9. The lowest BCUT2D eigenvalue weighted by atomic mass is 10.1. The van der Waals surface area contributed by atoms with Crippen molar-refractivity contribution in [1.29, 1.82) is 0 Å². The third kappa shape index (κ3) is 2.78. The van der Waals surface area contributed by atoms with Gasteiger partial charge in [-0.15, -0.1) is 0 Å². The summed E-state index contributed by atoms with van der Waals surface area (Å²) < 4.78 is 5.67. The van der Waals surface area contributed by atoms with Gasteiger partial charge in [-0.3, -0.25) is 14.8 Å². The number of hydrogen-bond acceptors (Lipinski definition) is 4. The monoisotopic (exact) mass is 349 g/mol. The zero-order valence-corrected chi connectivity index (χ0v) is 13.3. The predicted octanol–water partition coefficient (Wildman–Crippen LogP) is 2.25. The molecule has 1 aliphatic rings. The van der Waals surface area contributed by atoms with Crippen molar-refractivity contribution in [2.75, 3.05) is 18.5 Å². The number of hydrogen-bond donors (Lipinski definition) is 0. The molecule has 2 unspecified atom stereocenters. The van der Waals surface area contributed by atoms with E-state index in [4.69, 9.17) is 4.74 Å². The first-order valence-corrected chi connectivity index (χ1v) is 8.01. The molecule has 0 spiro atoms. The highest BCUT2D eigenvalue weighted by molar-refractivity contribution is 9.09. The summed E-state index contributed by atoms with van der Waals surface area (Å²) in [5, 5.41) is 0.721. The number of para-hydroxylation sites is 1. The molecule has 0 saturated carbocycles. The summed E-state index contributed by atoms with van der Waals surface area (Å²) in [6, 6.07) is 5.57. The fourth-order valence-corrected chi connectivity index (χ4v) is 2.91. The Morgan fingerprint density at radius 2 is 2.24 bits per heavy atom. The van der Waals surface area contributed by atoms with Crippen LogP contribution < -0.4 is 0 Å². The summed E-state index contributed by atoms with van der Waals surface area (Å²) in [6.45, 7) is 3.14. The standard InChI is InChI=1S/C15H16BrN3O2/c1-10-9-21-11(7-16)8-19(10)15(20)12-3-2-4-13-14(12)18-6-5-17-13/h2-6,10-11H,7-9H2,1H3. The number of rotatable bonds is 2. The van der Waals surface area contributed by atoms with E-state index < -0.39 is 0 Å². The minimum Gasteiger partial charge on any atom is -0.373 e. The van der Waals surface area contributed by atoms with Gasteiger partial charge in [0.05, 0.1) is 29.8 Å². The molecule has 2 atom stereocenters. The van der Waals surface area contributed by atoms with Crippen molar-refractivity contribution in [2.24, 2.45) is 0 Å². The second kappa shape index (κ2) is 6.07. The summed E-state index contributed by atoms with van der Waals surface area (Å²) in [5.74, 6) is -0.0112. The Kier molecular flexibility index (Phi) is 4.17. The minimum atomic E-state index is -0.0112. The lowest BCUT2D eigenvalue weighted by Gasteiger charge is -2.37. The number of amides is 1. The molecule has 1 fully saturated rings. The van der Waals surface area contributed by atoms with Crippen LogP contribution in [0, 0.1) is 0 Å². The molecule has 3 rings (SSSR count). The number of aromatic nitrogens is 2. The van der Waals surface area contributed by atoms with Crippen molar-refractivity contribution in [2.45, 2.75) is 19.1 Å². The van der Waals surface area contributed by atoms with Crippen LogP contribution in [-0.4, -0.2) is 51.4 Å². The number of halogens is 1. The van der Waals surface area contributed by atoms with Crippen molar-refractivity contribution >= 4 is 32.9 Å². The number of nitrogens with zero attached hydrogens (tertiary/aromatic N) is 3. The van der Waals surface area contributed by atoms with E-state index in [9.17, 15) is 4.79 Å². The lowest BCUT2D eigenvalue weighted by molar-refractivity contribution is -0.0360. The van der Waals surface area contributed by atoms with Crippen molar-refractivity contribution in [3.63, 3.8) is 0 Å². The average molecular weight is 350 g/mol. The Balaban J connectivity index is 1.96. The lowest BCUT2D eigenvalue weighted by Crippen LogP contribution is -2.51. The minimum absolute atomic E-state index is 0.0112. The van der Waals surface area contributed by atoms with Crippen LogP contribution >= 0.6 is 15.9 Å². The van der Waals surface area contributed by atoms with Gasteiger partial charge < -0.3 is 9.64 Å². The van der Waals surface area contributed by atoms with Crippen LogP contribution in [0.5, 0.6) is 0 Å². The van der Waals surface area contributed by atoms with Gasteiger partial charge in [0, 0.05) is 24.3 Å². The van der Waals surface area contributed by atoms with E-state index >= 15 is 0 Å². The molecular weight excluding hydrogens is 334 g/mol. The summed E-state index contributed by atoms with van der Waals surface area (Å²) in [4.78, 5) is 23.3. The van der Waals surface area contributed by atoms with Crippen LogP contribution in [0.15, 0.2) is 30.6 Å². The van der Waals surface area contributed by atoms with Crippen LogP contribution in [0.1, 0.15) is 17.3 Å². The largest absolute Gasteiger partial charge is 0.373 e. The van der Waals surface area contributed by atoms with Gasteiger partial charge in [-0.05, 0) is 19.1 Å². The van der Waals surface area contributed by atoms with E-state index in [2.05, 4.69) is 25.9 Å². The normalized spacial score (nSPS) is 22.5. The first-order chi connectivity index (χ1) is 10.2. The Morgan fingerprint density at radius 1 is 1.43 bits per heavy atom. The van der Waals surface area contributed by atoms with Crippen LogP contribution in [-0.2, 0) is 4.74 Å². The molecule has 1 aliphatic heterocycles. The predicted molar refractivity (Wildman–Crippen MR) is 83.6 cm³/mol. The smallest absolute Gasteiger partial charge is 0.256 e. The highest BCUT2D eigenvalue weighted by atomic mass is 79.9. The summed E-state index contributed by atoms with van der Waals surface area (Å²) in [7, 11) is 0. The zero-order valence-electron chi connectivity index (χ0n) is 11.7. The Labute approximate surface area is 131 Å². The van der Waals surface area contributed by atoms with Gasteiger partial charge in [0.2, 0.25) is 0 Å². The van der Waals surface area contributed by atoms with Crippen molar-refractivity contribution in [3.8, 4) is 0 Å². The first kappa shape index (κ1) is 14.4. The van der Waals surface area contributed by atoms with Gasteiger partial charge in [0.15, 0.2) is 0 Å². The molecule has 6 heteroatoms. The number of carbonyl (C=O) groups is 1.